The van der Waals surface area contributed by atoms with E-state index in [0.29, 0.717) is 11.8 Å². The lowest BCUT2D eigenvalue weighted by Gasteiger charge is -2.34. The molecule has 2 aliphatic rings. The van der Waals surface area contributed by atoms with Crippen molar-refractivity contribution in [2.24, 2.45) is 0 Å². The van der Waals surface area contributed by atoms with Crippen LogP contribution in [0.1, 0.15) is 23.0 Å². The van der Waals surface area contributed by atoms with Crippen molar-refractivity contribution in [3.8, 4) is 55.9 Å². The molecule has 5 aromatic carbocycles. The summed E-state index contributed by atoms with van der Waals surface area (Å²) in [6, 6.07) is 45.6. The van der Waals surface area contributed by atoms with E-state index in [0.717, 1.165) is 22.5 Å². The summed E-state index contributed by atoms with van der Waals surface area (Å²) in [7, 11) is 0. The van der Waals surface area contributed by atoms with Crippen LogP contribution in [0.15, 0.2) is 158 Å². The lowest BCUT2D eigenvalue weighted by molar-refractivity contribution is 0.720. The molecule has 8 rings (SSSR count). The summed E-state index contributed by atoms with van der Waals surface area (Å²) in [6.45, 7) is 0. The van der Waals surface area contributed by atoms with E-state index >= 15 is 0 Å². The minimum atomic E-state index is 0.361. The van der Waals surface area contributed by atoms with Gasteiger partial charge in [0.15, 0.2) is 0 Å². The quantitative estimate of drug-likeness (QED) is 0.224. The van der Waals surface area contributed by atoms with Crippen LogP contribution in [0.4, 0.5) is 0 Å². The number of hydrogen-bond acceptors (Lipinski definition) is 2. The van der Waals surface area contributed by atoms with E-state index in [1.807, 2.05) is 6.07 Å². The summed E-state index contributed by atoms with van der Waals surface area (Å²) in [5.74, 6) is 0.747. The highest BCUT2D eigenvalue weighted by Gasteiger charge is 2.31. The van der Waals surface area contributed by atoms with Gasteiger partial charge in [-0.2, -0.15) is 0 Å². The number of hydrogen-bond donors (Lipinski definition) is 0. The molecule has 0 amide bonds. The first-order valence-corrected chi connectivity index (χ1v) is 14.5. The van der Waals surface area contributed by atoms with Crippen LogP contribution in [-0.4, -0.2) is 9.97 Å². The van der Waals surface area contributed by atoms with Gasteiger partial charge < -0.3 is 0 Å². The molecule has 42 heavy (non-hydrogen) atoms. The molecule has 2 unspecified atom stereocenters. The lowest BCUT2D eigenvalue weighted by Crippen LogP contribution is -2.16. The van der Waals surface area contributed by atoms with Crippen LogP contribution in [0.2, 0.25) is 0 Å². The van der Waals surface area contributed by atoms with E-state index < -0.39 is 0 Å². The second kappa shape index (κ2) is 10.2. The number of nitrogens with zero attached hydrogens (tertiary/aromatic N) is 2. The van der Waals surface area contributed by atoms with Gasteiger partial charge >= 0.3 is 0 Å². The van der Waals surface area contributed by atoms with Crippen molar-refractivity contribution in [1.29, 1.82) is 0 Å². The second-order valence-electron chi connectivity index (χ2n) is 11.0. The highest BCUT2D eigenvalue weighted by Crippen LogP contribution is 2.50. The van der Waals surface area contributed by atoms with E-state index in [2.05, 4.69) is 151 Å². The minimum Gasteiger partial charge on any atom is -0.236 e. The van der Waals surface area contributed by atoms with Gasteiger partial charge in [-0.1, -0.05) is 133 Å². The van der Waals surface area contributed by atoms with E-state index in [-0.39, 0.29) is 0 Å². The molecule has 0 spiro atoms. The van der Waals surface area contributed by atoms with Crippen molar-refractivity contribution in [2.45, 2.75) is 11.8 Å². The SMILES string of the molecule is C1=CC2c3ccccc3-c3cc(-c4ccccc4-c4cc(-c5cccc(-c6ccccc6)c5)ncn4)ccc3C2C=C1. The van der Waals surface area contributed by atoms with Crippen LogP contribution in [0.25, 0.3) is 55.9 Å². The Kier molecular flexibility index (Phi) is 5.97. The average molecular weight is 537 g/mol. The van der Waals surface area contributed by atoms with E-state index in [1.54, 1.807) is 6.33 Å². The Labute approximate surface area is 246 Å². The van der Waals surface area contributed by atoms with Gasteiger partial charge in [0.25, 0.3) is 0 Å². The van der Waals surface area contributed by atoms with Gasteiger partial charge in [0.1, 0.15) is 6.33 Å². The minimum absolute atomic E-state index is 0.361. The third-order valence-corrected chi connectivity index (χ3v) is 8.60. The molecule has 0 fully saturated rings. The molecule has 0 radical (unpaired) electrons. The maximum absolute atomic E-state index is 4.75. The van der Waals surface area contributed by atoms with Crippen LogP contribution in [0.5, 0.6) is 0 Å². The van der Waals surface area contributed by atoms with Gasteiger partial charge in [0, 0.05) is 23.0 Å². The topological polar surface area (TPSA) is 25.8 Å². The van der Waals surface area contributed by atoms with Crippen LogP contribution >= 0.6 is 0 Å². The van der Waals surface area contributed by atoms with Crippen molar-refractivity contribution >= 4 is 0 Å². The number of rotatable bonds is 4. The van der Waals surface area contributed by atoms with Gasteiger partial charge in [0.05, 0.1) is 11.4 Å². The Balaban J connectivity index is 1.21. The molecule has 1 aromatic heterocycles. The smallest absolute Gasteiger partial charge is 0.116 e. The van der Waals surface area contributed by atoms with Gasteiger partial charge in [-0.3, -0.25) is 0 Å². The highest BCUT2D eigenvalue weighted by molar-refractivity contribution is 5.87. The van der Waals surface area contributed by atoms with E-state index in [9.17, 15) is 0 Å². The molecule has 0 saturated heterocycles. The molecule has 2 nitrogen and oxygen atoms in total. The molecule has 198 valence electrons. The van der Waals surface area contributed by atoms with Crippen LogP contribution in [0.3, 0.4) is 0 Å². The second-order valence-corrected chi connectivity index (χ2v) is 11.0. The molecule has 0 N–H and O–H groups in total. The summed E-state index contributed by atoms with van der Waals surface area (Å²) >= 11 is 0. The Bertz CT molecular complexity index is 2000. The predicted octanol–water partition coefficient (Wildman–Crippen LogP) is 10.1. The van der Waals surface area contributed by atoms with Gasteiger partial charge in [-0.25, -0.2) is 9.97 Å². The molecule has 2 atom stereocenters. The molecule has 0 aliphatic heterocycles. The third kappa shape index (κ3) is 4.20. The highest BCUT2D eigenvalue weighted by atomic mass is 14.8. The summed E-state index contributed by atoms with van der Waals surface area (Å²) in [4.78, 5) is 9.42. The largest absolute Gasteiger partial charge is 0.236 e. The molecule has 2 aliphatic carbocycles. The maximum atomic E-state index is 4.75. The molecular formula is C40H28N2. The first-order chi connectivity index (χ1) is 20.8. The maximum Gasteiger partial charge on any atom is 0.116 e. The van der Waals surface area contributed by atoms with Gasteiger partial charge in [-0.15, -0.1) is 0 Å². The fraction of sp³-hybridized carbons (Fsp3) is 0.0500. The van der Waals surface area contributed by atoms with Crippen molar-refractivity contribution in [2.75, 3.05) is 0 Å². The first kappa shape index (κ1) is 24.5. The number of aromatic nitrogens is 2. The number of fused-ring (bicyclic) bond motifs is 6. The van der Waals surface area contributed by atoms with Crippen molar-refractivity contribution in [3.63, 3.8) is 0 Å². The zero-order chi connectivity index (χ0) is 27.9. The Morgan fingerprint density at radius 3 is 1.86 bits per heavy atom. The lowest BCUT2D eigenvalue weighted by atomic mass is 9.69. The zero-order valence-corrected chi connectivity index (χ0v) is 23.1. The van der Waals surface area contributed by atoms with E-state index in [1.165, 1.54) is 44.5 Å². The average Bonchev–Trinajstić information content (AvgIpc) is 3.09. The number of benzene rings is 5. The number of allylic oxidation sites excluding steroid dienone is 4. The molecule has 0 saturated carbocycles. The third-order valence-electron chi connectivity index (χ3n) is 8.60. The van der Waals surface area contributed by atoms with E-state index in [4.69, 9.17) is 4.98 Å². The molecular weight excluding hydrogens is 508 g/mol. The summed E-state index contributed by atoms with van der Waals surface area (Å²) in [5.41, 5.74) is 14.2. The standard InChI is InChI=1S/C40H28N2/c1-2-11-27(12-3-1)28-13-10-14-30(23-28)39-25-40(42-26-41-39)37-20-9-4-15-31(37)29-21-22-36-34-18-6-5-16-32(34)33-17-7-8-19-35(33)38(36)24-29/h1-26,32,34H. The van der Waals surface area contributed by atoms with Crippen LogP contribution < -0.4 is 0 Å². The van der Waals surface area contributed by atoms with Crippen LogP contribution in [0, 0.1) is 0 Å². The fourth-order valence-electron chi connectivity index (χ4n) is 6.59. The Morgan fingerprint density at radius 2 is 1.02 bits per heavy atom. The predicted molar refractivity (Wildman–Crippen MR) is 173 cm³/mol. The summed E-state index contributed by atoms with van der Waals surface area (Å²) < 4.78 is 0. The first-order valence-electron chi connectivity index (χ1n) is 14.5. The zero-order valence-electron chi connectivity index (χ0n) is 23.1. The molecule has 6 aromatic rings. The Morgan fingerprint density at radius 1 is 0.381 bits per heavy atom. The molecule has 0 bridgehead atoms. The van der Waals surface area contributed by atoms with Crippen molar-refractivity contribution in [1.82, 2.24) is 9.97 Å². The van der Waals surface area contributed by atoms with Crippen molar-refractivity contribution in [3.05, 3.63) is 169 Å². The molecule has 1 heterocycles. The summed E-state index contributed by atoms with van der Waals surface area (Å²) in [5, 5.41) is 0. The normalized spacial score (nSPS) is 16.4. The van der Waals surface area contributed by atoms with Gasteiger partial charge in [0.2, 0.25) is 0 Å². The van der Waals surface area contributed by atoms with Crippen molar-refractivity contribution < 1.29 is 0 Å². The van der Waals surface area contributed by atoms with Gasteiger partial charge in [-0.05, 0) is 62.7 Å². The van der Waals surface area contributed by atoms with Crippen LogP contribution in [-0.2, 0) is 0 Å². The fourth-order valence-corrected chi connectivity index (χ4v) is 6.59. The summed E-state index contributed by atoms with van der Waals surface area (Å²) in [6.07, 6.45) is 10.7. The Hall–Kier alpha value is -5.34. The monoisotopic (exact) mass is 536 g/mol. The molecule has 2 heteroatoms.